The topological polar surface area (TPSA) is 90.1 Å². The SMILES string of the molecule is CC(=NO)c1cc(C(=O)O)cc(Br)c1O. The molecule has 0 unspecified atom stereocenters. The maximum atomic E-state index is 10.7. The van der Waals surface area contributed by atoms with Crippen LogP contribution in [-0.2, 0) is 0 Å². The predicted molar refractivity (Wildman–Crippen MR) is 56.8 cm³/mol. The van der Waals surface area contributed by atoms with E-state index in [1.165, 1.54) is 19.1 Å². The zero-order valence-electron chi connectivity index (χ0n) is 7.73. The molecular formula is C9H8BrNO4. The number of nitrogens with zero attached hydrogens (tertiary/aromatic N) is 1. The first-order chi connectivity index (χ1) is 6.97. The number of benzene rings is 1. The fourth-order valence-electron chi connectivity index (χ4n) is 1.05. The molecule has 0 aliphatic carbocycles. The molecule has 1 aromatic rings. The summed E-state index contributed by atoms with van der Waals surface area (Å²) in [6.45, 7) is 1.45. The molecule has 0 amide bonds. The molecule has 0 fully saturated rings. The van der Waals surface area contributed by atoms with E-state index in [9.17, 15) is 9.90 Å². The van der Waals surface area contributed by atoms with Gasteiger partial charge in [0.1, 0.15) is 5.75 Å². The standard InChI is InChI=1S/C9H8BrNO4/c1-4(11-15)6-2-5(9(13)14)3-7(10)8(6)12/h2-3,12,15H,1H3,(H,13,14). The lowest BCUT2D eigenvalue weighted by Crippen LogP contribution is -2.02. The molecule has 1 aromatic carbocycles. The lowest BCUT2D eigenvalue weighted by Gasteiger charge is -2.06. The molecule has 80 valence electrons. The number of oxime groups is 1. The zero-order chi connectivity index (χ0) is 11.6. The summed E-state index contributed by atoms with van der Waals surface area (Å²) in [5, 5.41) is 29.8. The van der Waals surface area contributed by atoms with Crippen LogP contribution < -0.4 is 0 Å². The lowest BCUT2D eigenvalue weighted by molar-refractivity contribution is 0.0697. The molecule has 0 bridgehead atoms. The van der Waals surface area contributed by atoms with Gasteiger partial charge in [0.25, 0.3) is 0 Å². The number of aromatic hydroxyl groups is 1. The molecule has 6 heteroatoms. The minimum Gasteiger partial charge on any atom is -0.506 e. The van der Waals surface area contributed by atoms with Gasteiger partial charge in [-0.15, -0.1) is 0 Å². The van der Waals surface area contributed by atoms with Crippen molar-refractivity contribution in [3.8, 4) is 5.75 Å². The number of carbonyl (C=O) groups is 1. The normalized spacial score (nSPS) is 11.5. The number of carboxylic acid groups (broad SMARTS) is 1. The van der Waals surface area contributed by atoms with Crippen molar-refractivity contribution >= 4 is 27.6 Å². The van der Waals surface area contributed by atoms with Gasteiger partial charge in [-0.25, -0.2) is 4.79 Å². The van der Waals surface area contributed by atoms with Gasteiger partial charge in [0.2, 0.25) is 0 Å². The zero-order valence-corrected chi connectivity index (χ0v) is 9.32. The van der Waals surface area contributed by atoms with Gasteiger partial charge in [0, 0.05) is 5.56 Å². The molecule has 5 nitrogen and oxygen atoms in total. The molecule has 1 rings (SSSR count). The Bertz CT molecular complexity index is 442. The number of halogens is 1. The summed E-state index contributed by atoms with van der Waals surface area (Å²) < 4.78 is 0.236. The fourth-order valence-corrected chi connectivity index (χ4v) is 1.51. The van der Waals surface area contributed by atoms with E-state index in [1.54, 1.807) is 0 Å². The minimum atomic E-state index is -1.12. The molecule has 0 saturated heterocycles. The number of phenolic OH excluding ortho intramolecular Hbond substituents is 1. The summed E-state index contributed by atoms with van der Waals surface area (Å²) in [6.07, 6.45) is 0. The summed E-state index contributed by atoms with van der Waals surface area (Å²) in [6, 6.07) is 2.50. The van der Waals surface area contributed by atoms with Gasteiger partial charge in [0.15, 0.2) is 0 Å². The van der Waals surface area contributed by atoms with Crippen molar-refractivity contribution in [3.63, 3.8) is 0 Å². The van der Waals surface area contributed by atoms with Crippen LogP contribution in [-0.4, -0.2) is 27.1 Å². The second-order valence-electron chi connectivity index (χ2n) is 2.84. The first-order valence-corrected chi connectivity index (χ1v) is 4.71. The van der Waals surface area contributed by atoms with Gasteiger partial charge in [-0.05, 0) is 35.0 Å². The molecule has 0 radical (unpaired) electrons. The number of hydrogen-bond acceptors (Lipinski definition) is 4. The number of phenols is 1. The van der Waals surface area contributed by atoms with E-state index < -0.39 is 5.97 Å². The first-order valence-electron chi connectivity index (χ1n) is 3.92. The summed E-state index contributed by atoms with van der Waals surface area (Å²) >= 11 is 3.01. The number of aromatic carboxylic acids is 1. The molecule has 15 heavy (non-hydrogen) atoms. The first kappa shape index (κ1) is 11.5. The van der Waals surface area contributed by atoms with Crippen LogP contribution in [0.15, 0.2) is 21.8 Å². The van der Waals surface area contributed by atoms with Crippen molar-refractivity contribution < 1.29 is 20.2 Å². The molecule has 0 aliphatic rings. The quantitative estimate of drug-likeness (QED) is 0.437. The Morgan fingerprint density at radius 3 is 2.53 bits per heavy atom. The molecule has 0 heterocycles. The third-order valence-electron chi connectivity index (χ3n) is 1.85. The van der Waals surface area contributed by atoms with Gasteiger partial charge in [-0.1, -0.05) is 5.16 Å². The largest absolute Gasteiger partial charge is 0.506 e. The van der Waals surface area contributed by atoms with Gasteiger partial charge >= 0.3 is 5.97 Å². The van der Waals surface area contributed by atoms with E-state index in [0.29, 0.717) is 0 Å². The van der Waals surface area contributed by atoms with Gasteiger partial charge in [-0.2, -0.15) is 0 Å². The highest BCUT2D eigenvalue weighted by molar-refractivity contribution is 9.10. The van der Waals surface area contributed by atoms with Gasteiger partial charge in [0.05, 0.1) is 15.7 Å². The summed E-state index contributed by atoms with van der Waals surface area (Å²) in [4.78, 5) is 10.7. The van der Waals surface area contributed by atoms with Crippen molar-refractivity contribution in [2.45, 2.75) is 6.92 Å². The van der Waals surface area contributed by atoms with E-state index >= 15 is 0 Å². The smallest absolute Gasteiger partial charge is 0.335 e. The lowest BCUT2D eigenvalue weighted by atomic mass is 10.1. The number of hydrogen-bond donors (Lipinski definition) is 3. The number of carboxylic acids is 1. The van der Waals surface area contributed by atoms with Crippen LogP contribution in [0.25, 0.3) is 0 Å². The average Bonchev–Trinajstić information content (AvgIpc) is 2.20. The molecule has 0 saturated carbocycles. The molecule has 0 atom stereocenters. The van der Waals surface area contributed by atoms with Crippen LogP contribution in [0.3, 0.4) is 0 Å². The molecule has 0 spiro atoms. The predicted octanol–water partition coefficient (Wildman–Crippen LogP) is 2.05. The van der Waals surface area contributed by atoms with Crippen LogP contribution in [0, 0.1) is 0 Å². The highest BCUT2D eigenvalue weighted by Gasteiger charge is 2.14. The Morgan fingerprint density at radius 1 is 1.47 bits per heavy atom. The Labute approximate surface area is 93.8 Å². The van der Waals surface area contributed by atoms with E-state index in [0.717, 1.165) is 0 Å². The van der Waals surface area contributed by atoms with E-state index in [4.69, 9.17) is 10.3 Å². The van der Waals surface area contributed by atoms with Crippen LogP contribution in [0.5, 0.6) is 5.75 Å². The summed E-state index contributed by atoms with van der Waals surface area (Å²) in [5.74, 6) is -1.28. The molecule has 0 aromatic heterocycles. The van der Waals surface area contributed by atoms with Crippen LogP contribution >= 0.6 is 15.9 Å². The van der Waals surface area contributed by atoms with Crippen LogP contribution in [0.1, 0.15) is 22.8 Å². The third kappa shape index (κ3) is 2.27. The number of rotatable bonds is 2. The fraction of sp³-hybridized carbons (Fsp3) is 0.111. The second kappa shape index (κ2) is 4.31. The monoisotopic (exact) mass is 273 g/mol. The average molecular weight is 274 g/mol. The minimum absolute atomic E-state index is 0.00215. The highest BCUT2D eigenvalue weighted by Crippen LogP contribution is 2.30. The van der Waals surface area contributed by atoms with Gasteiger partial charge in [-0.3, -0.25) is 0 Å². The highest BCUT2D eigenvalue weighted by atomic mass is 79.9. The maximum absolute atomic E-state index is 10.7. The van der Waals surface area contributed by atoms with Gasteiger partial charge < -0.3 is 15.4 Å². The third-order valence-corrected chi connectivity index (χ3v) is 2.45. The van der Waals surface area contributed by atoms with Crippen molar-refractivity contribution in [2.75, 3.05) is 0 Å². The Morgan fingerprint density at radius 2 is 2.07 bits per heavy atom. The van der Waals surface area contributed by atoms with E-state index in [1.807, 2.05) is 0 Å². The maximum Gasteiger partial charge on any atom is 0.335 e. The molecule has 0 aliphatic heterocycles. The van der Waals surface area contributed by atoms with Crippen LogP contribution in [0.2, 0.25) is 0 Å². The van der Waals surface area contributed by atoms with Crippen molar-refractivity contribution in [2.24, 2.45) is 5.16 Å². The second-order valence-corrected chi connectivity index (χ2v) is 3.70. The van der Waals surface area contributed by atoms with E-state index in [-0.39, 0.29) is 27.1 Å². The van der Waals surface area contributed by atoms with Crippen molar-refractivity contribution in [1.82, 2.24) is 0 Å². The Balaban J connectivity index is 3.44. The Kier molecular flexibility index (Phi) is 3.31. The summed E-state index contributed by atoms with van der Waals surface area (Å²) in [7, 11) is 0. The molecule has 3 N–H and O–H groups in total. The Hall–Kier alpha value is -1.56. The summed E-state index contributed by atoms with van der Waals surface area (Å²) in [5.41, 5.74) is 0.304. The van der Waals surface area contributed by atoms with E-state index in [2.05, 4.69) is 21.1 Å². The van der Waals surface area contributed by atoms with Crippen molar-refractivity contribution in [1.29, 1.82) is 0 Å². The van der Waals surface area contributed by atoms with Crippen molar-refractivity contribution in [3.05, 3.63) is 27.7 Å². The van der Waals surface area contributed by atoms with Crippen LogP contribution in [0.4, 0.5) is 0 Å². The molecular weight excluding hydrogens is 266 g/mol.